The maximum absolute atomic E-state index is 12.6. The van der Waals surface area contributed by atoms with Gasteiger partial charge in [-0.15, -0.1) is 0 Å². The highest BCUT2D eigenvalue weighted by Crippen LogP contribution is 2.43. The molecule has 9 heteroatoms. The molecule has 2 aliphatic heterocycles. The van der Waals surface area contributed by atoms with Crippen molar-refractivity contribution in [2.24, 2.45) is 0 Å². The summed E-state index contributed by atoms with van der Waals surface area (Å²) in [6.45, 7) is 13.3. The summed E-state index contributed by atoms with van der Waals surface area (Å²) in [6.07, 6.45) is 4.04. The van der Waals surface area contributed by atoms with E-state index in [-0.39, 0.29) is 11.9 Å². The molecular formula is C39H47N5O4. The number of anilines is 1. The number of aromatic nitrogens is 3. The van der Waals surface area contributed by atoms with Crippen LogP contribution in [-0.2, 0) is 28.9 Å². The molecule has 48 heavy (non-hydrogen) atoms. The molecule has 1 amide bonds. The average molecular weight is 650 g/mol. The van der Waals surface area contributed by atoms with Crippen LogP contribution in [0.4, 0.5) is 5.69 Å². The van der Waals surface area contributed by atoms with E-state index in [1.807, 2.05) is 25.1 Å². The summed E-state index contributed by atoms with van der Waals surface area (Å²) >= 11 is 0. The third-order valence-electron chi connectivity index (χ3n) is 9.90. The highest BCUT2D eigenvalue weighted by molar-refractivity contribution is 5.90. The quantitative estimate of drug-likeness (QED) is 0.197. The minimum absolute atomic E-state index is 0.170. The molecule has 0 saturated carbocycles. The van der Waals surface area contributed by atoms with Crippen LogP contribution in [-0.4, -0.2) is 69.0 Å². The zero-order valence-electron chi connectivity index (χ0n) is 28.8. The van der Waals surface area contributed by atoms with E-state index in [0.29, 0.717) is 49.3 Å². The molecule has 2 aromatic heterocycles. The number of esters is 1. The van der Waals surface area contributed by atoms with Gasteiger partial charge in [-0.05, 0) is 79.8 Å². The average Bonchev–Trinajstić information content (AvgIpc) is 3.69. The van der Waals surface area contributed by atoms with Crippen LogP contribution < -0.4 is 4.90 Å². The maximum atomic E-state index is 12.6. The van der Waals surface area contributed by atoms with Gasteiger partial charge in [0.25, 0.3) is 5.91 Å². The number of hydrogen-bond acceptors (Lipinski definition) is 7. The first kappa shape index (κ1) is 33.4. The fourth-order valence-electron chi connectivity index (χ4n) is 7.52. The van der Waals surface area contributed by atoms with Crippen LogP contribution in [0.15, 0.2) is 60.8 Å². The Morgan fingerprint density at radius 2 is 1.77 bits per heavy atom. The molecule has 9 nitrogen and oxygen atoms in total. The Bertz CT molecular complexity index is 1790. The van der Waals surface area contributed by atoms with E-state index < -0.39 is 6.10 Å². The Kier molecular flexibility index (Phi) is 9.96. The zero-order valence-corrected chi connectivity index (χ0v) is 28.8. The Hall–Kier alpha value is -4.50. The summed E-state index contributed by atoms with van der Waals surface area (Å²) in [6, 6.07) is 19.4. The summed E-state index contributed by atoms with van der Waals surface area (Å²) in [5.74, 6) is 0.931. The first-order valence-electron chi connectivity index (χ1n) is 17.4. The van der Waals surface area contributed by atoms with Gasteiger partial charge >= 0.3 is 5.97 Å². The number of fused-ring (bicyclic) bond motifs is 1. The Morgan fingerprint density at radius 3 is 2.48 bits per heavy atom. The molecule has 2 aromatic carbocycles. The van der Waals surface area contributed by atoms with E-state index >= 15 is 0 Å². The van der Waals surface area contributed by atoms with Crippen LogP contribution in [0, 0.1) is 0 Å². The number of aliphatic hydroxyl groups excluding tert-OH is 1. The lowest BCUT2D eigenvalue weighted by Gasteiger charge is -2.34. The van der Waals surface area contributed by atoms with Crippen molar-refractivity contribution in [2.75, 3.05) is 31.1 Å². The Balaban J connectivity index is 1.26. The molecule has 2 aliphatic rings. The molecule has 2 atom stereocenters. The molecule has 0 bridgehead atoms. The first-order chi connectivity index (χ1) is 23.2. The van der Waals surface area contributed by atoms with Crippen LogP contribution in [0.25, 0.3) is 17.1 Å². The van der Waals surface area contributed by atoms with Gasteiger partial charge in [0, 0.05) is 37.7 Å². The second-order valence-corrected chi connectivity index (χ2v) is 13.1. The van der Waals surface area contributed by atoms with E-state index in [4.69, 9.17) is 9.72 Å². The second kappa shape index (κ2) is 14.3. The number of carbonyl (C=O) groups excluding carboxylic acids is 2. The number of ether oxygens (including phenoxy) is 1. The van der Waals surface area contributed by atoms with Crippen LogP contribution in [0.3, 0.4) is 0 Å². The number of amides is 1. The van der Waals surface area contributed by atoms with Crippen molar-refractivity contribution < 1.29 is 19.4 Å². The molecule has 2 unspecified atom stereocenters. The fourth-order valence-corrected chi connectivity index (χ4v) is 7.52. The molecular weight excluding hydrogens is 602 g/mol. The number of para-hydroxylation sites is 1. The summed E-state index contributed by atoms with van der Waals surface area (Å²) in [4.78, 5) is 34.2. The minimum atomic E-state index is -0.943. The summed E-state index contributed by atoms with van der Waals surface area (Å²) < 4.78 is 7.02. The Labute approximate surface area is 283 Å². The summed E-state index contributed by atoms with van der Waals surface area (Å²) in [5, 5.41) is 14.3. The number of pyridine rings is 1. The van der Waals surface area contributed by atoms with Crippen molar-refractivity contribution >= 4 is 17.6 Å². The largest absolute Gasteiger partial charge is 0.462 e. The standard InChI is InChI=1S/C39H47N5O4/c1-6-28-21-27(15-16-31(28)29-17-19-42(20-18-29)38(46)26(5)45)24-43-23-25(4)30-11-9-12-32(37(30)43)34-13-10-14-36(41-34)44-35(7-2)33(22-40-44)39(47)48-8-3/h9-16,21-22,25-26,29,45H,6-8,17-20,23-24H2,1-5H3. The van der Waals surface area contributed by atoms with Gasteiger partial charge in [-0.2, -0.15) is 5.10 Å². The summed E-state index contributed by atoms with van der Waals surface area (Å²) in [7, 11) is 0. The number of carbonyl (C=O) groups is 2. The van der Waals surface area contributed by atoms with E-state index in [1.54, 1.807) is 29.6 Å². The van der Waals surface area contributed by atoms with Gasteiger partial charge in [-0.3, -0.25) is 4.79 Å². The first-order valence-corrected chi connectivity index (χ1v) is 17.4. The van der Waals surface area contributed by atoms with Gasteiger partial charge in [-0.25, -0.2) is 14.5 Å². The van der Waals surface area contributed by atoms with Gasteiger partial charge in [0.05, 0.1) is 29.9 Å². The molecule has 4 aromatic rings. The van der Waals surface area contributed by atoms with Crippen LogP contribution in [0.2, 0.25) is 0 Å². The molecule has 1 N–H and O–H groups in total. The van der Waals surface area contributed by atoms with Crippen molar-refractivity contribution in [1.29, 1.82) is 0 Å². The monoisotopic (exact) mass is 649 g/mol. The topological polar surface area (TPSA) is 101 Å². The molecule has 0 aliphatic carbocycles. The number of piperidine rings is 1. The van der Waals surface area contributed by atoms with Crippen molar-refractivity contribution in [3.63, 3.8) is 0 Å². The lowest BCUT2D eigenvalue weighted by atomic mass is 9.85. The van der Waals surface area contributed by atoms with Gasteiger partial charge in [-0.1, -0.05) is 63.2 Å². The van der Waals surface area contributed by atoms with Gasteiger partial charge in [0.2, 0.25) is 0 Å². The SMILES string of the molecule is CCOC(=O)c1cnn(-c2cccc(-c3cccc4c3N(Cc3ccc(C5CCN(C(=O)C(C)O)CC5)c(CC)c3)CC4C)n2)c1CC. The highest BCUT2D eigenvalue weighted by atomic mass is 16.5. The Morgan fingerprint density at radius 1 is 1.00 bits per heavy atom. The molecule has 1 saturated heterocycles. The normalized spacial score (nSPS) is 17.0. The molecule has 0 radical (unpaired) electrons. The van der Waals surface area contributed by atoms with Crippen LogP contribution >= 0.6 is 0 Å². The number of rotatable bonds is 10. The van der Waals surface area contributed by atoms with Crippen LogP contribution in [0.5, 0.6) is 0 Å². The van der Waals surface area contributed by atoms with Crippen molar-refractivity contribution in [3.8, 4) is 17.1 Å². The van der Waals surface area contributed by atoms with E-state index in [9.17, 15) is 14.7 Å². The number of hydrogen-bond donors (Lipinski definition) is 1. The lowest BCUT2D eigenvalue weighted by molar-refractivity contribution is -0.140. The summed E-state index contributed by atoms with van der Waals surface area (Å²) in [5.41, 5.74) is 9.78. The van der Waals surface area contributed by atoms with Gasteiger partial charge in [0.15, 0.2) is 5.82 Å². The number of aryl methyl sites for hydroxylation is 1. The number of likely N-dealkylation sites (tertiary alicyclic amines) is 1. The number of nitrogens with zero attached hydrogens (tertiary/aromatic N) is 5. The van der Waals surface area contributed by atoms with E-state index in [0.717, 1.165) is 49.3 Å². The molecule has 0 spiro atoms. The maximum Gasteiger partial charge on any atom is 0.341 e. The minimum Gasteiger partial charge on any atom is -0.462 e. The third-order valence-corrected chi connectivity index (χ3v) is 9.90. The molecule has 6 rings (SSSR count). The van der Waals surface area contributed by atoms with Crippen LogP contribution in [0.1, 0.15) is 97.6 Å². The molecule has 1 fully saturated rings. The van der Waals surface area contributed by atoms with E-state index in [1.165, 1.54) is 27.9 Å². The van der Waals surface area contributed by atoms with Gasteiger partial charge < -0.3 is 19.6 Å². The number of aliphatic hydroxyl groups is 1. The number of benzene rings is 2. The van der Waals surface area contributed by atoms with Crippen molar-refractivity contribution in [2.45, 2.75) is 84.8 Å². The zero-order chi connectivity index (χ0) is 33.9. The smallest absolute Gasteiger partial charge is 0.341 e. The van der Waals surface area contributed by atoms with E-state index in [2.05, 4.69) is 60.2 Å². The predicted molar refractivity (Wildman–Crippen MR) is 188 cm³/mol. The van der Waals surface area contributed by atoms with Crippen molar-refractivity contribution in [3.05, 3.63) is 94.3 Å². The fraction of sp³-hybridized carbons (Fsp3) is 0.436. The predicted octanol–water partition coefficient (Wildman–Crippen LogP) is 6.45. The van der Waals surface area contributed by atoms with Crippen molar-refractivity contribution in [1.82, 2.24) is 19.7 Å². The third kappa shape index (κ3) is 6.48. The lowest BCUT2D eigenvalue weighted by Crippen LogP contribution is -2.42. The molecule has 252 valence electrons. The highest BCUT2D eigenvalue weighted by Gasteiger charge is 2.30. The molecule has 4 heterocycles. The van der Waals surface area contributed by atoms with Gasteiger partial charge in [0.1, 0.15) is 11.7 Å². The second-order valence-electron chi connectivity index (χ2n) is 13.1.